The Morgan fingerprint density at radius 3 is 2.50 bits per heavy atom. The molecule has 2 aliphatic rings. The molecule has 0 radical (unpaired) electrons. The number of thiocarbonyl (C=S) groups is 1. The highest BCUT2D eigenvalue weighted by Crippen LogP contribution is 2.32. The molecule has 0 saturated carbocycles. The van der Waals surface area contributed by atoms with Gasteiger partial charge < -0.3 is 9.64 Å². The first kappa shape index (κ1) is 24.5. The number of benzene rings is 1. The Labute approximate surface area is 199 Å². The molecule has 2 amide bonds. The molecule has 3 rings (SSSR count). The Morgan fingerprint density at radius 2 is 1.84 bits per heavy atom. The molecule has 6 nitrogen and oxygen atoms in total. The first-order valence-electron chi connectivity index (χ1n) is 11.1. The van der Waals surface area contributed by atoms with Crippen molar-refractivity contribution in [3.05, 3.63) is 40.3 Å². The van der Waals surface area contributed by atoms with Crippen molar-refractivity contribution in [3.8, 4) is 0 Å². The monoisotopic (exact) mass is 474 g/mol. The van der Waals surface area contributed by atoms with Crippen molar-refractivity contribution >= 4 is 52.2 Å². The second-order valence-corrected chi connectivity index (χ2v) is 10.00. The Morgan fingerprint density at radius 1 is 1.16 bits per heavy atom. The molecule has 0 aliphatic carbocycles. The molecule has 2 heterocycles. The van der Waals surface area contributed by atoms with E-state index in [4.69, 9.17) is 17.0 Å². The maximum absolute atomic E-state index is 12.8. The lowest BCUT2D eigenvalue weighted by atomic mass is 9.99. The summed E-state index contributed by atoms with van der Waals surface area (Å²) in [7, 11) is 1.34. The molecule has 0 bridgehead atoms. The van der Waals surface area contributed by atoms with Gasteiger partial charge in [-0.3, -0.25) is 14.5 Å². The molecule has 0 N–H and O–H groups in total. The number of esters is 1. The average Bonchev–Trinajstić information content (AvgIpc) is 3.06. The summed E-state index contributed by atoms with van der Waals surface area (Å²) in [4.78, 5) is 40.8. The predicted octanol–water partition coefficient (Wildman–Crippen LogP) is 4.49. The fourth-order valence-electron chi connectivity index (χ4n) is 3.82. The molecule has 172 valence electrons. The highest BCUT2D eigenvalue weighted by atomic mass is 32.2. The second kappa shape index (κ2) is 11.6. The van der Waals surface area contributed by atoms with Crippen LogP contribution in [0.3, 0.4) is 0 Å². The lowest BCUT2D eigenvalue weighted by molar-refractivity contribution is -0.132. The van der Waals surface area contributed by atoms with Crippen LogP contribution in [0.4, 0.5) is 0 Å². The minimum Gasteiger partial charge on any atom is -0.465 e. The van der Waals surface area contributed by atoms with Crippen molar-refractivity contribution in [2.45, 2.75) is 45.4 Å². The summed E-state index contributed by atoms with van der Waals surface area (Å²) in [5.41, 5.74) is 1.29. The minimum absolute atomic E-state index is 0.0874. The highest BCUT2D eigenvalue weighted by Gasteiger charge is 2.31. The van der Waals surface area contributed by atoms with Crippen LogP contribution in [0.15, 0.2) is 29.2 Å². The standard InChI is InChI=1S/C24H30N2O4S2/c1-17-11-14-25(15-12-17)21(27)6-4-3-5-13-26-22(28)20(32-24(26)31)16-18-7-9-19(10-8-18)23(29)30-2/h7-10,16-17H,3-6,11-15H2,1-2H3/b20-16-. The normalized spacial score (nSPS) is 18.5. The van der Waals surface area contributed by atoms with Gasteiger partial charge >= 0.3 is 5.97 Å². The zero-order valence-electron chi connectivity index (χ0n) is 18.7. The number of ether oxygens (including phenoxy) is 1. The Bertz CT molecular complexity index is 890. The molecule has 8 heteroatoms. The first-order valence-corrected chi connectivity index (χ1v) is 12.3. The third-order valence-corrected chi connectivity index (χ3v) is 7.29. The van der Waals surface area contributed by atoms with Crippen LogP contribution >= 0.6 is 24.0 Å². The van der Waals surface area contributed by atoms with Gasteiger partial charge in [0.15, 0.2) is 0 Å². The molecule has 0 aromatic heterocycles. The van der Waals surface area contributed by atoms with Crippen molar-refractivity contribution in [1.29, 1.82) is 0 Å². The van der Waals surface area contributed by atoms with Gasteiger partial charge in [-0.1, -0.05) is 49.5 Å². The molecular formula is C24H30N2O4S2. The Balaban J connectivity index is 1.43. The number of methoxy groups -OCH3 is 1. The van der Waals surface area contributed by atoms with E-state index in [1.54, 1.807) is 35.2 Å². The molecule has 0 spiro atoms. The second-order valence-electron chi connectivity index (χ2n) is 8.32. The minimum atomic E-state index is -0.393. The van der Waals surface area contributed by atoms with Crippen LogP contribution in [0, 0.1) is 5.92 Å². The zero-order chi connectivity index (χ0) is 23.1. The number of carbonyl (C=O) groups is 3. The number of hydrogen-bond donors (Lipinski definition) is 0. The number of unbranched alkanes of at least 4 members (excludes halogenated alkanes) is 2. The maximum Gasteiger partial charge on any atom is 0.337 e. The Kier molecular flexibility index (Phi) is 8.87. The highest BCUT2D eigenvalue weighted by molar-refractivity contribution is 8.26. The van der Waals surface area contributed by atoms with Gasteiger partial charge in [-0.2, -0.15) is 0 Å². The van der Waals surface area contributed by atoms with E-state index >= 15 is 0 Å². The van der Waals surface area contributed by atoms with Crippen LogP contribution in [0.2, 0.25) is 0 Å². The molecule has 0 unspecified atom stereocenters. The fourth-order valence-corrected chi connectivity index (χ4v) is 5.13. The average molecular weight is 475 g/mol. The SMILES string of the molecule is COC(=O)c1ccc(/C=C2\SC(=S)N(CCCCCC(=O)N3CCC(C)CC3)C2=O)cc1. The van der Waals surface area contributed by atoms with E-state index in [1.807, 2.05) is 4.90 Å². The third kappa shape index (κ3) is 6.42. The topological polar surface area (TPSA) is 66.9 Å². The van der Waals surface area contributed by atoms with Crippen molar-refractivity contribution in [2.24, 2.45) is 5.92 Å². The van der Waals surface area contributed by atoms with E-state index in [-0.39, 0.29) is 11.8 Å². The van der Waals surface area contributed by atoms with Gasteiger partial charge in [-0.05, 0) is 55.4 Å². The quantitative estimate of drug-likeness (QED) is 0.239. The van der Waals surface area contributed by atoms with Gasteiger partial charge in [-0.25, -0.2) is 4.79 Å². The molecule has 1 aromatic carbocycles. The number of rotatable bonds is 8. The molecule has 32 heavy (non-hydrogen) atoms. The largest absolute Gasteiger partial charge is 0.465 e. The van der Waals surface area contributed by atoms with E-state index < -0.39 is 5.97 Å². The number of hydrogen-bond acceptors (Lipinski definition) is 6. The van der Waals surface area contributed by atoms with E-state index in [1.165, 1.54) is 18.9 Å². The van der Waals surface area contributed by atoms with Crippen molar-refractivity contribution in [3.63, 3.8) is 0 Å². The van der Waals surface area contributed by atoms with Crippen molar-refractivity contribution in [1.82, 2.24) is 9.80 Å². The molecule has 1 aromatic rings. The number of nitrogens with zero attached hydrogens (tertiary/aromatic N) is 2. The molecule has 2 fully saturated rings. The number of amides is 2. The lowest BCUT2D eigenvalue weighted by Gasteiger charge is -2.30. The Hall–Kier alpha value is -2.19. The molecular weight excluding hydrogens is 444 g/mol. The van der Waals surface area contributed by atoms with E-state index in [9.17, 15) is 14.4 Å². The van der Waals surface area contributed by atoms with Gasteiger partial charge in [0, 0.05) is 26.1 Å². The number of thioether (sulfide) groups is 1. The lowest BCUT2D eigenvalue weighted by Crippen LogP contribution is -2.37. The van der Waals surface area contributed by atoms with E-state index in [0.717, 1.165) is 56.7 Å². The van der Waals surface area contributed by atoms with Crippen molar-refractivity contribution in [2.75, 3.05) is 26.7 Å². The summed E-state index contributed by atoms with van der Waals surface area (Å²) >= 11 is 6.70. The van der Waals surface area contributed by atoms with Gasteiger partial charge in [0.05, 0.1) is 17.6 Å². The van der Waals surface area contributed by atoms with E-state index in [0.29, 0.717) is 27.8 Å². The van der Waals surface area contributed by atoms with Crippen LogP contribution in [0.5, 0.6) is 0 Å². The fraction of sp³-hybridized carbons (Fsp3) is 0.500. The zero-order valence-corrected chi connectivity index (χ0v) is 20.3. The summed E-state index contributed by atoms with van der Waals surface area (Å²) in [6, 6.07) is 6.89. The first-order chi connectivity index (χ1) is 15.4. The summed E-state index contributed by atoms with van der Waals surface area (Å²) < 4.78 is 5.26. The number of carbonyl (C=O) groups excluding carboxylic acids is 3. The summed E-state index contributed by atoms with van der Waals surface area (Å²) in [5.74, 6) is 0.492. The predicted molar refractivity (Wildman–Crippen MR) is 131 cm³/mol. The third-order valence-electron chi connectivity index (χ3n) is 5.91. The number of piperidine rings is 1. The summed E-state index contributed by atoms with van der Waals surface area (Å²) in [6.07, 6.45) is 7.11. The van der Waals surface area contributed by atoms with Gasteiger partial charge in [-0.15, -0.1) is 0 Å². The van der Waals surface area contributed by atoms with Crippen molar-refractivity contribution < 1.29 is 19.1 Å². The van der Waals surface area contributed by atoms with Crippen LogP contribution < -0.4 is 0 Å². The van der Waals surface area contributed by atoms with Crippen LogP contribution in [0.25, 0.3) is 6.08 Å². The summed E-state index contributed by atoms with van der Waals surface area (Å²) in [6.45, 7) is 4.58. The van der Waals surface area contributed by atoms with Crippen LogP contribution in [0.1, 0.15) is 61.4 Å². The van der Waals surface area contributed by atoms with Gasteiger partial charge in [0.1, 0.15) is 4.32 Å². The number of likely N-dealkylation sites (tertiary alicyclic amines) is 1. The smallest absolute Gasteiger partial charge is 0.337 e. The van der Waals surface area contributed by atoms with Crippen LogP contribution in [-0.2, 0) is 14.3 Å². The van der Waals surface area contributed by atoms with E-state index in [2.05, 4.69) is 6.92 Å². The molecule has 2 saturated heterocycles. The molecule has 0 atom stereocenters. The molecule has 2 aliphatic heterocycles. The van der Waals surface area contributed by atoms with Gasteiger partial charge in [0.2, 0.25) is 5.91 Å². The maximum atomic E-state index is 12.8. The summed E-state index contributed by atoms with van der Waals surface area (Å²) in [5, 5.41) is 0. The van der Waals surface area contributed by atoms with Gasteiger partial charge in [0.25, 0.3) is 5.91 Å². The van der Waals surface area contributed by atoms with Crippen LogP contribution in [-0.4, -0.2) is 58.6 Å².